The molecule has 0 bridgehead atoms. The van der Waals surface area contributed by atoms with Gasteiger partial charge in [0.2, 0.25) is 0 Å². The van der Waals surface area contributed by atoms with Crippen LogP contribution in [0.25, 0.3) is 0 Å². The lowest BCUT2D eigenvalue weighted by molar-refractivity contribution is -0.174. The Bertz CT molecular complexity index is 1990. The zero-order valence-electron chi connectivity index (χ0n) is 34.9. The summed E-state index contributed by atoms with van der Waals surface area (Å²) in [5.41, 5.74) is -1.91. The number of ether oxygens (including phenoxy) is 4. The summed E-state index contributed by atoms with van der Waals surface area (Å²) in [6.07, 6.45) is -3.30. The van der Waals surface area contributed by atoms with E-state index in [1.807, 2.05) is 78.9 Å². The Balaban J connectivity index is 1.78. The van der Waals surface area contributed by atoms with Crippen LogP contribution in [0.2, 0.25) is 36.3 Å². The van der Waals surface area contributed by atoms with E-state index < -0.39 is 57.6 Å². The highest BCUT2D eigenvalue weighted by atomic mass is 28.4. The summed E-state index contributed by atoms with van der Waals surface area (Å²) in [5, 5.41) is -0.514. The molecule has 1 aliphatic rings. The molecule has 0 radical (unpaired) electrons. The SMILES string of the molecule is COc1ccc(C(OC[C@]2(CO[Si](C)(C)C(C)(C)C)O[C@@H](n3ccc(=O)[nH]c3=O)[C@@H](F)[C@@H]2O[Si](C)(C)C(C)(C)C)(c2ccccc2)c2ccc(OC)cc2)cc1. The average Bonchev–Trinajstić information content (AvgIpc) is 3.40. The van der Waals surface area contributed by atoms with Gasteiger partial charge >= 0.3 is 5.69 Å². The maximum Gasteiger partial charge on any atom is 0.330 e. The number of hydrogen-bond acceptors (Lipinski definition) is 8. The second kappa shape index (κ2) is 16.2. The first kappa shape index (κ1) is 43.3. The van der Waals surface area contributed by atoms with Gasteiger partial charge in [0, 0.05) is 12.3 Å². The van der Waals surface area contributed by atoms with E-state index in [2.05, 4.69) is 72.7 Å². The number of hydrogen-bond donors (Lipinski definition) is 1. The van der Waals surface area contributed by atoms with Crippen LogP contribution in [-0.2, 0) is 23.9 Å². The van der Waals surface area contributed by atoms with E-state index in [0.29, 0.717) is 11.5 Å². The smallest absolute Gasteiger partial charge is 0.330 e. The van der Waals surface area contributed by atoms with Crippen molar-refractivity contribution in [2.24, 2.45) is 0 Å². The molecule has 0 aliphatic carbocycles. The largest absolute Gasteiger partial charge is 0.497 e. The Kier molecular flexibility index (Phi) is 12.5. The molecule has 4 atom stereocenters. The molecule has 1 saturated heterocycles. The Labute approximate surface area is 332 Å². The monoisotopic (exact) mass is 806 g/mol. The Morgan fingerprint density at radius 3 is 1.70 bits per heavy atom. The number of rotatable bonds is 14. The molecule has 3 aromatic carbocycles. The van der Waals surface area contributed by atoms with Gasteiger partial charge in [-0.05, 0) is 77.2 Å². The van der Waals surface area contributed by atoms with Crippen LogP contribution in [0, 0.1) is 0 Å². The summed E-state index contributed by atoms with van der Waals surface area (Å²) < 4.78 is 58.2. The molecule has 1 N–H and O–H groups in total. The minimum absolute atomic E-state index is 0.0894. The molecule has 1 fully saturated rings. The second-order valence-electron chi connectivity index (χ2n) is 17.7. The number of H-pyrrole nitrogens is 1. The Morgan fingerprint density at radius 1 is 0.732 bits per heavy atom. The standard InChI is InChI=1S/C43H59FN2O8Si2/c1-40(2,3)55(9,10)52-29-42(37(54-56(11,12)41(4,5)6)36(44)38(53-42)46-27-26-35(47)45-39(46)48)28-51-43(30-16-14-13-15-17-30,31-18-22-33(49-7)23-19-31)32-20-24-34(50-8)25-21-32/h13-27,36-38H,28-29H2,1-12H3,(H,45,47,48)/t36-,37-,38+,42+/m0/s1. The van der Waals surface area contributed by atoms with Crippen molar-refractivity contribution in [2.45, 2.75) is 108 Å². The lowest BCUT2D eigenvalue weighted by Gasteiger charge is -2.46. The van der Waals surface area contributed by atoms with Crippen LogP contribution >= 0.6 is 0 Å². The molecule has 4 aromatic rings. The van der Waals surface area contributed by atoms with Crippen LogP contribution in [0.15, 0.2) is 101 Å². The number of aromatic amines is 1. The third-order valence-corrected chi connectivity index (χ3v) is 20.9. The van der Waals surface area contributed by atoms with Gasteiger partial charge in [0.1, 0.15) is 28.8 Å². The van der Waals surface area contributed by atoms with Crippen LogP contribution in [0.5, 0.6) is 11.5 Å². The molecule has 0 amide bonds. The molecular weight excluding hydrogens is 748 g/mol. The Morgan fingerprint density at radius 2 is 1.23 bits per heavy atom. The molecule has 5 rings (SSSR count). The van der Waals surface area contributed by atoms with Gasteiger partial charge in [0.15, 0.2) is 29.0 Å². The third kappa shape index (κ3) is 8.53. The summed E-state index contributed by atoms with van der Waals surface area (Å²) in [6.45, 7) is 20.7. The van der Waals surface area contributed by atoms with Gasteiger partial charge in [-0.15, -0.1) is 0 Å². The highest BCUT2D eigenvalue weighted by molar-refractivity contribution is 6.74. The molecule has 2 heterocycles. The Hall–Kier alpha value is -3.86. The van der Waals surface area contributed by atoms with Gasteiger partial charge in [-0.2, -0.15) is 0 Å². The first-order valence-electron chi connectivity index (χ1n) is 19.0. The average molecular weight is 807 g/mol. The summed E-state index contributed by atoms with van der Waals surface area (Å²) in [6, 6.07) is 26.3. The number of nitrogens with one attached hydrogen (secondary N) is 1. The molecule has 0 saturated carbocycles. The van der Waals surface area contributed by atoms with Crippen molar-refractivity contribution in [2.75, 3.05) is 27.4 Å². The van der Waals surface area contributed by atoms with Crippen LogP contribution in [0.3, 0.4) is 0 Å². The van der Waals surface area contributed by atoms with Gasteiger partial charge in [0.05, 0.1) is 27.4 Å². The fourth-order valence-electron chi connectivity index (χ4n) is 6.41. The molecule has 0 spiro atoms. The number of halogens is 1. The van der Waals surface area contributed by atoms with Crippen molar-refractivity contribution < 1.29 is 32.2 Å². The first-order chi connectivity index (χ1) is 26.1. The lowest BCUT2D eigenvalue weighted by Crippen LogP contribution is -2.59. The number of aromatic nitrogens is 2. The predicted molar refractivity (Wildman–Crippen MR) is 223 cm³/mol. The van der Waals surface area contributed by atoms with Crippen molar-refractivity contribution in [3.8, 4) is 11.5 Å². The number of alkyl halides is 1. The van der Waals surface area contributed by atoms with Gasteiger partial charge in [-0.25, -0.2) is 9.18 Å². The van der Waals surface area contributed by atoms with E-state index in [9.17, 15) is 9.59 Å². The zero-order valence-corrected chi connectivity index (χ0v) is 36.9. The van der Waals surface area contributed by atoms with E-state index in [-0.39, 0.29) is 23.3 Å². The normalized spacial score (nSPS) is 20.9. The van der Waals surface area contributed by atoms with Crippen molar-refractivity contribution >= 4 is 16.6 Å². The molecule has 10 nitrogen and oxygen atoms in total. The van der Waals surface area contributed by atoms with Crippen molar-refractivity contribution in [1.29, 1.82) is 0 Å². The van der Waals surface area contributed by atoms with E-state index in [1.165, 1.54) is 12.3 Å². The highest BCUT2D eigenvalue weighted by Gasteiger charge is 2.62. The number of methoxy groups -OCH3 is 2. The maximum atomic E-state index is 17.6. The van der Waals surface area contributed by atoms with Crippen molar-refractivity contribution in [1.82, 2.24) is 9.55 Å². The number of benzene rings is 3. The van der Waals surface area contributed by atoms with E-state index >= 15 is 4.39 Å². The van der Waals surface area contributed by atoms with Crippen LogP contribution < -0.4 is 20.7 Å². The van der Waals surface area contributed by atoms with Gasteiger partial charge < -0.3 is 27.8 Å². The summed E-state index contributed by atoms with van der Waals surface area (Å²) in [4.78, 5) is 27.7. The third-order valence-electron chi connectivity index (χ3n) is 12.0. The van der Waals surface area contributed by atoms with Gasteiger partial charge in [-0.3, -0.25) is 14.3 Å². The lowest BCUT2D eigenvalue weighted by atomic mass is 9.79. The van der Waals surface area contributed by atoms with Crippen molar-refractivity contribution in [3.63, 3.8) is 0 Å². The molecule has 1 aromatic heterocycles. The van der Waals surface area contributed by atoms with Crippen LogP contribution in [-0.4, -0.2) is 71.5 Å². The fraction of sp³-hybridized carbons (Fsp3) is 0.488. The van der Waals surface area contributed by atoms with E-state index in [0.717, 1.165) is 21.3 Å². The number of nitrogens with zero attached hydrogens (tertiary/aromatic N) is 1. The highest BCUT2D eigenvalue weighted by Crippen LogP contribution is 2.50. The molecule has 1 aliphatic heterocycles. The molecule has 13 heteroatoms. The van der Waals surface area contributed by atoms with Gasteiger partial charge in [0.25, 0.3) is 5.56 Å². The second-order valence-corrected chi connectivity index (χ2v) is 27.2. The zero-order chi connectivity index (χ0) is 41.3. The quantitative estimate of drug-likeness (QED) is 0.0998. The van der Waals surface area contributed by atoms with Crippen LogP contribution in [0.1, 0.15) is 64.5 Å². The predicted octanol–water partition coefficient (Wildman–Crippen LogP) is 8.58. The summed E-state index contributed by atoms with van der Waals surface area (Å²) in [5.74, 6) is 1.34. The van der Waals surface area contributed by atoms with Gasteiger partial charge in [-0.1, -0.05) is 96.1 Å². The molecule has 56 heavy (non-hydrogen) atoms. The van der Waals surface area contributed by atoms with E-state index in [4.69, 9.17) is 27.8 Å². The summed E-state index contributed by atoms with van der Waals surface area (Å²) in [7, 11) is -2.04. The molecule has 0 unspecified atom stereocenters. The minimum atomic E-state index is -2.75. The fourth-order valence-corrected chi connectivity index (χ4v) is 8.79. The minimum Gasteiger partial charge on any atom is -0.497 e. The molecule has 304 valence electrons. The maximum absolute atomic E-state index is 17.6. The first-order valence-corrected chi connectivity index (χ1v) is 24.9. The van der Waals surface area contributed by atoms with Crippen LogP contribution in [0.4, 0.5) is 4.39 Å². The molecular formula is C43H59FN2O8Si2. The summed E-state index contributed by atoms with van der Waals surface area (Å²) >= 11 is 0. The topological polar surface area (TPSA) is 110 Å². The van der Waals surface area contributed by atoms with E-state index in [1.54, 1.807) is 14.2 Å². The van der Waals surface area contributed by atoms with Crippen molar-refractivity contribution in [3.05, 3.63) is 129 Å².